The summed E-state index contributed by atoms with van der Waals surface area (Å²) in [4.78, 5) is 10.3. The van der Waals surface area contributed by atoms with Crippen LogP contribution in [0.1, 0.15) is 46.5 Å². The van der Waals surface area contributed by atoms with Crippen LogP contribution >= 0.6 is 0 Å². The lowest BCUT2D eigenvalue weighted by Crippen LogP contribution is -2.18. The number of unbranched alkanes of at least 4 members (excludes halogenated alkanes) is 2. The molecule has 98 valence electrons. The summed E-state index contributed by atoms with van der Waals surface area (Å²) in [6, 6.07) is 0. The summed E-state index contributed by atoms with van der Waals surface area (Å²) in [6.07, 6.45) is 1.59. The van der Waals surface area contributed by atoms with Gasteiger partial charge in [0.25, 0.3) is 0 Å². The Labute approximate surface area is 97.1 Å². The van der Waals surface area contributed by atoms with Gasteiger partial charge in [0, 0.05) is 0 Å². The molecule has 0 spiro atoms. The second-order valence-corrected chi connectivity index (χ2v) is 3.40. The van der Waals surface area contributed by atoms with Crippen LogP contribution < -0.4 is 0 Å². The number of rotatable bonds is 6. The summed E-state index contributed by atoms with van der Waals surface area (Å²) < 4.78 is 4.41. The molecule has 16 heavy (non-hydrogen) atoms. The van der Waals surface area contributed by atoms with Gasteiger partial charge in [-0.15, -0.1) is 0 Å². The van der Waals surface area contributed by atoms with Gasteiger partial charge in [-0.1, -0.05) is 19.8 Å². The molecule has 0 saturated heterocycles. The lowest BCUT2D eigenvalue weighted by molar-refractivity contribution is -0.151. The topological polar surface area (TPSA) is 87.0 Å². The summed E-state index contributed by atoms with van der Waals surface area (Å²) in [6.45, 7) is 5.48. The Bertz CT molecular complexity index is 156. The smallest absolute Gasteiger partial charge is 0.334 e. The molecule has 1 atom stereocenters. The summed E-state index contributed by atoms with van der Waals surface area (Å²) in [5, 5.41) is 25.1. The van der Waals surface area contributed by atoms with Crippen molar-refractivity contribution >= 4 is 5.97 Å². The number of hydrogen-bond donors (Lipinski definition) is 3. The molecule has 0 rings (SSSR count). The first kappa shape index (κ1) is 17.7. The van der Waals surface area contributed by atoms with E-state index in [-0.39, 0.29) is 0 Å². The Kier molecular flexibility index (Phi) is 13.8. The van der Waals surface area contributed by atoms with Crippen molar-refractivity contribution in [3.05, 3.63) is 0 Å². The number of aliphatic hydroxyl groups is 3. The highest BCUT2D eigenvalue weighted by Crippen LogP contribution is 1.99. The van der Waals surface area contributed by atoms with Crippen LogP contribution in [-0.4, -0.2) is 40.3 Å². The maximum atomic E-state index is 10.3. The Balaban J connectivity index is 0. The molecule has 0 aliphatic carbocycles. The van der Waals surface area contributed by atoms with Crippen LogP contribution in [0.5, 0.6) is 0 Å². The van der Waals surface area contributed by atoms with Gasteiger partial charge in [-0.25, -0.2) is 4.79 Å². The highest BCUT2D eigenvalue weighted by molar-refractivity contribution is 5.73. The zero-order valence-electron chi connectivity index (χ0n) is 10.3. The second kappa shape index (κ2) is 12.4. The number of carbonyl (C=O) groups is 1. The van der Waals surface area contributed by atoms with Gasteiger partial charge in [0.05, 0.1) is 6.61 Å². The first-order valence-corrected chi connectivity index (χ1v) is 5.66. The summed E-state index contributed by atoms with van der Waals surface area (Å²) in [5.41, 5.74) is 0. The number of hydrogen-bond acceptors (Lipinski definition) is 5. The second-order valence-electron chi connectivity index (χ2n) is 3.40. The maximum absolute atomic E-state index is 10.3. The van der Waals surface area contributed by atoms with E-state index in [0.29, 0.717) is 13.0 Å². The van der Waals surface area contributed by atoms with E-state index < -0.39 is 18.4 Å². The van der Waals surface area contributed by atoms with E-state index in [4.69, 9.17) is 15.3 Å². The Morgan fingerprint density at radius 2 is 1.75 bits per heavy atom. The number of carbonyl (C=O) groups excluding carboxylic acids is 1. The Hall–Kier alpha value is -0.650. The number of esters is 1. The highest BCUT2D eigenvalue weighted by Gasteiger charge is 2.07. The molecule has 0 saturated carbocycles. The minimum absolute atomic E-state index is 0.323. The van der Waals surface area contributed by atoms with Gasteiger partial charge in [-0.2, -0.15) is 0 Å². The molecule has 1 unspecified atom stereocenters. The van der Waals surface area contributed by atoms with Crippen molar-refractivity contribution in [2.45, 2.75) is 58.8 Å². The average Bonchev–Trinajstić information content (AvgIpc) is 2.19. The molecule has 0 amide bonds. The van der Waals surface area contributed by atoms with Crippen molar-refractivity contribution in [2.75, 3.05) is 6.61 Å². The van der Waals surface area contributed by atoms with E-state index in [9.17, 15) is 4.79 Å². The Morgan fingerprint density at radius 3 is 2.00 bits per heavy atom. The minimum Gasteiger partial charge on any atom is -0.464 e. The monoisotopic (exact) mass is 236 g/mol. The fraction of sp³-hybridized carbons (Fsp3) is 0.909. The van der Waals surface area contributed by atoms with Gasteiger partial charge in [-0.05, 0) is 26.7 Å². The van der Waals surface area contributed by atoms with Crippen molar-refractivity contribution in [1.82, 2.24) is 0 Å². The van der Waals surface area contributed by atoms with E-state index in [1.54, 1.807) is 6.92 Å². The molecule has 0 aliphatic heterocycles. The highest BCUT2D eigenvalue weighted by atomic mass is 16.5. The fourth-order valence-corrected chi connectivity index (χ4v) is 0.840. The lowest BCUT2D eigenvalue weighted by Gasteiger charge is -2.01. The zero-order chi connectivity index (χ0) is 13.0. The normalized spacial score (nSPS) is 11.7. The van der Waals surface area contributed by atoms with Gasteiger partial charge in [0.2, 0.25) is 0 Å². The lowest BCUT2D eigenvalue weighted by atomic mass is 10.2. The molecule has 0 radical (unpaired) electrons. The predicted octanol–water partition coefficient (Wildman–Crippen LogP) is 0.808. The first-order valence-electron chi connectivity index (χ1n) is 5.66. The van der Waals surface area contributed by atoms with E-state index in [1.165, 1.54) is 6.92 Å². The van der Waals surface area contributed by atoms with Crippen LogP contribution in [0.15, 0.2) is 0 Å². The number of aliphatic hydroxyl groups excluding tert-OH is 2. The van der Waals surface area contributed by atoms with Crippen molar-refractivity contribution < 1.29 is 24.9 Å². The molecule has 0 aromatic rings. The van der Waals surface area contributed by atoms with Gasteiger partial charge < -0.3 is 20.1 Å². The molecule has 0 fully saturated rings. The molecule has 0 aromatic heterocycles. The van der Waals surface area contributed by atoms with Crippen LogP contribution in [0.3, 0.4) is 0 Å². The quantitative estimate of drug-likeness (QED) is 0.361. The predicted molar refractivity (Wildman–Crippen MR) is 60.7 cm³/mol. The summed E-state index contributed by atoms with van der Waals surface area (Å²) >= 11 is 0. The minimum atomic E-state index is -1.10. The fourth-order valence-electron chi connectivity index (χ4n) is 0.840. The van der Waals surface area contributed by atoms with E-state index in [2.05, 4.69) is 11.7 Å². The van der Waals surface area contributed by atoms with Crippen LogP contribution in [0, 0.1) is 0 Å². The van der Waals surface area contributed by atoms with Gasteiger partial charge in [0.1, 0.15) is 6.10 Å². The molecule has 3 N–H and O–H groups in total. The molecular weight excluding hydrogens is 212 g/mol. The van der Waals surface area contributed by atoms with E-state index in [1.807, 2.05) is 0 Å². The van der Waals surface area contributed by atoms with Gasteiger partial charge >= 0.3 is 5.97 Å². The molecule has 0 aromatic carbocycles. The molecule has 5 heteroatoms. The van der Waals surface area contributed by atoms with Crippen molar-refractivity contribution in [2.24, 2.45) is 0 Å². The van der Waals surface area contributed by atoms with E-state index >= 15 is 0 Å². The number of ether oxygens (including phenoxy) is 1. The third-order valence-electron chi connectivity index (χ3n) is 1.69. The standard InChI is InChI=1S/C6H14O2.C5H10O3/c1-2-3-4-5-6(7)8;1-3-8-5(7)4(2)6/h6-8H,2-5H2,1H3;4,6H,3H2,1-2H3. The molecule has 0 aliphatic rings. The maximum Gasteiger partial charge on any atom is 0.334 e. The van der Waals surface area contributed by atoms with Gasteiger partial charge in [-0.3, -0.25) is 0 Å². The third-order valence-corrected chi connectivity index (χ3v) is 1.69. The van der Waals surface area contributed by atoms with Crippen molar-refractivity contribution in [3.63, 3.8) is 0 Å². The van der Waals surface area contributed by atoms with Gasteiger partial charge in [0.15, 0.2) is 6.29 Å². The van der Waals surface area contributed by atoms with Crippen LogP contribution in [0.25, 0.3) is 0 Å². The summed E-state index contributed by atoms with van der Waals surface area (Å²) in [7, 11) is 0. The van der Waals surface area contributed by atoms with Crippen molar-refractivity contribution in [3.8, 4) is 0 Å². The molecule has 5 nitrogen and oxygen atoms in total. The van der Waals surface area contributed by atoms with Crippen LogP contribution in [-0.2, 0) is 9.53 Å². The molecular formula is C11H24O5. The molecule has 0 bridgehead atoms. The first-order chi connectivity index (χ1) is 7.45. The average molecular weight is 236 g/mol. The largest absolute Gasteiger partial charge is 0.464 e. The summed E-state index contributed by atoms with van der Waals surface area (Å²) in [5.74, 6) is -0.562. The van der Waals surface area contributed by atoms with E-state index in [0.717, 1.165) is 19.3 Å². The third kappa shape index (κ3) is 15.8. The van der Waals surface area contributed by atoms with Crippen molar-refractivity contribution in [1.29, 1.82) is 0 Å². The SMILES string of the molecule is CCCCCC(O)O.CCOC(=O)C(C)O. The zero-order valence-corrected chi connectivity index (χ0v) is 10.3. The van der Waals surface area contributed by atoms with Crippen LogP contribution in [0.2, 0.25) is 0 Å². The molecule has 0 heterocycles. The Morgan fingerprint density at radius 1 is 1.19 bits per heavy atom. The van der Waals surface area contributed by atoms with Crippen LogP contribution in [0.4, 0.5) is 0 Å².